The average molecular weight is 314 g/mol. The van der Waals surface area contributed by atoms with Crippen molar-refractivity contribution in [2.24, 2.45) is 0 Å². The monoisotopic (exact) mass is 314 g/mol. The molecule has 23 heavy (non-hydrogen) atoms. The van der Waals surface area contributed by atoms with E-state index in [2.05, 4.69) is 19.9 Å². The maximum absolute atomic E-state index is 12.7. The first-order valence-corrected chi connectivity index (χ1v) is 7.84. The summed E-state index contributed by atoms with van der Waals surface area (Å²) in [7, 11) is 3.74. The summed E-state index contributed by atoms with van der Waals surface area (Å²) in [6, 6.07) is 0. The van der Waals surface area contributed by atoms with Gasteiger partial charge in [0.25, 0.3) is 5.91 Å². The van der Waals surface area contributed by atoms with Crippen LogP contribution in [0, 0.1) is 6.92 Å². The molecule has 2 aromatic rings. The lowest BCUT2D eigenvalue weighted by molar-refractivity contribution is 0.0704. The van der Waals surface area contributed by atoms with E-state index in [-0.39, 0.29) is 11.8 Å². The molecule has 1 N–H and O–H groups in total. The number of hydrogen-bond donors (Lipinski definition) is 1. The van der Waals surface area contributed by atoms with Crippen LogP contribution in [0.3, 0.4) is 0 Å². The summed E-state index contributed by atoms with van der Waals surface area (Å²) >= 11 is 0. The molecule has 3 heterocycles. The molecule has 0 aromatic carbocycles. The van der Waals surface area contributed by atoms with Crippen LogP contribution in [0.15, 0.2) is 18.6 Å². The molecule has 1 fully saturated rings. The highest BCUT2D eigenvalue weighted by atomic mass is 16.2. The van der Waals surface area contributed by atoms with Gasteiger partial charge in [-0.3, -0.25) is 4.79 Å². The van der Waals surface area contributed by atoms with E-state index < -0.39 is 0 Å². The number of aromatic amines is 1. The number of likely N-dealkylation sites (tertiary alicyclic amines) is 1. The number of carbonyl (C=O) groups excluding carboxylic acids is 1. The highest BCUT2D eigenvalue weighted by molar-refractivity contribution is 5.93. The molecule has 1 atom stereocenters. The number of H-pyrrole nitrogens is 1. The van der Waals surface area contributed by atoms with Crippen molar-refractivity contribution in [3.8, 4) is 0 Å². The molecule has 1 aliphatic rings. The predicted molar refractivity (Wildman–Crippen MR) is 87.6 cm³/mol. The summed E-state index contributed by atoms with van der Waals surface area (Å²) in [5, 5.41) is 0. The molecule has 1 saturated heterocycles. The lowest BCUT2D eigenvalue weighted by atomic mass is 9.97. The third kappa shape index (κ3) is 3.33. The molecule has 0 bridgehead atoms. The summed E-state index contributed by atoms with van der Waals surface area (Å²) in [6.45, 7) is 3.44. The van der Waals surface area contributed by atoms with E-state index in [1.807, 2.05) is 37.0 Å². The number of imidazole rings is 1. The Bertz CT molecular complexity index is 678. The number of nitrogens with one attached hydrogen (secondary N) is 1. The van der Waals surface area contributed by atoms with Crippen molar-refractivity contribution >= 4 is 11.9 Å². The SMILES string of the molecule is Cc1cnc([C@H]2CCCN(C(=O)c3cnc(N(C)C)nc3)C2)[nH]1. The zero-order chi connectivity index (χ0) is 16.4. The molecule has 7 heteroatoms. The number of amides is 1. The maximum Gasteiger partial charge on any atom is 0.257 e. The normalized spacial score (nSPS) is 18.0. The molecular weight excluding hydrogens is 292 g/mol. The van der Waals surface area contributed by atoms with Crippen molar-refractivity contribution in [2.45, 2.75) is 25.7 Å². The standard InChI is InChI=1S/C16H22N6O/c1-11-7-17-14(20-11)12-5-4-6-22(10-12)15(23)13-8-18-16(19-9-13)21(2)3/h7-9,12H,4-6,10H2,1-3H3,(H,17,20)/t12-/m0/s1. The van der Waals surface area contributed by atoms with Gasteiger partial charge in [-0.2, -0.15) is 0 Å². The van der Waals surface area contributed by atoms with Crippen LogP contribution in [0.25, 0.3) is 0 Å². The molecule has 0 aliphatic carbocycles. The van der Waals surface area contributed by atoms with Crippen LogP contribution in [0.2, 0.25) is 0 Å². The fourth-order valence-corrected chi connectivity index (χ4v) is 2.87. The fourth-order valence-electron chi connectivity index (χ4n) is 2.87. The van der Waals surface area contributed by atoms with Crippen molar-refractivity contribution in [1.29, 1.82) is 0 Å². The summed E-state index contributed by atoms with van der Waals surface area (Å²) in [6.07, 6.45) is 7.07. The van der Waals surface area contributed by atoms with Crippen LogP contribution in [0.5, 0.6) is 0 Å². The Morgan fingerprint density at radius 1 is 1.26 bits per heavy atom. The molecular formula is C16H22N6O. The Balaban J connectivity index is 1.71. The smallest absolute Gasteiger partial charge is 0.257 e. The Morgan fingerprint density at radius 2 is 2.00 bits per heavy atom. The van der Waals surface area contributed by atoms with Gasteiger partial charge in [-0.25, -0.2) is 15.0 Å². The predicted octanol–water partition coefficient (Wildman–Crippen LogP) is 1.59. The van der Waals surface area contributed by atoms with Crippen LogP contribution >= 0.6 is 0 Å². The van der Waals surface area contributed by atoms with Crippen LogP contribution in [0.4, 0.5) is 5.95 Å². The molecule has 122 valence electrons. The maximum atomic E-state index is 12.7. The van der Waals surface area contributed by atoms with E-state index in [1.54, 1.807) is 12.4 Å². The molecule has 1 aliphatic heterocycles. The van der Waals surface area contributed by atoms with Gasteiger partial charge in [0.1, 0.15) is 5.82 Å². The van der Waals surface area contributed by atoms with E-state index in [1.165, 1.54) is 0 Å². The number of nitrogens with zero attached hydrogens (tertiary/aromatic N) is 5. The number of rotatable bonds is 3. The van der Waals surface area contributed by atoms with Crippen LogP contribution < -0.4 is 4.90 Å². The summed E-state index contributed by atoms with van der Waals surface area (Å²) in [5.41, 5.74) is 1.59. The van der Waals surface area contributed by atoms with E-state index in [9.17, 15) is 4.79 Å². The third-order valence-corrected chi connectivity index (χ3v) is 4.10. The van der Waals surface area contributed by atoms with Gasteiger partial charge in [-0.1, -0.05) is 0 Å². The van der Waals surface area contributed by atoms with Crippen molar-refractivity contribution in [3.63, 3.8) is 0 Å². The van der Waals surface area contributed by atoms with Crippen molar-refractivity contribution in [2.75, 3.05) is 32.1 Å². The van der Waals surface area contributed by atoms with Gasteiger partial charge >= 0.3 is 0 Å². The molecule has 0 unspecified atom stereocenters. The Hall–Kier alpha value is -2.44. The first-order chi connectivity index (χ1) is 11.0. The van der Waals surface area contributed by atoms with Gasteiger partial charge in [-0.15, -0.1) is 0 Å². The van der Waals surface area contributed by atoms with E-state index in [4.69, 9.17) is 0 Å². The Kier molecular flexibility index (Phi) is 4.27. The molecule has 0 radical (unpaired) electrons. The largest absolute Gasteiger partial charge is 0.347 e. The van der Waals surface area contributed by atoms with Gasteiger partial charge in [0.05, 0.1) is 5.56 Å². The number of aryl methyl sites for hydroxylation is 1. The minimum Gasteiger partial charge on any atom is -0.347 e. The first kappa shape index (κ1) is 15.5. The first-order valence-electron chi connectivity index (χ1n) is 7.84. The minimum atomic E-state index is -0.0108. The van der Waals surface area contributed by atoms with Crippen LogP contribution in [-0.4, -0.2) is 57.9 Å². The molecule has 0 spiro atoms. The van der Waals surface area contributed by atoms with Crippen molar-refractivity contribution in [1.82, 2.24) is 24.8 Å². The second kappa shape index (κ2) is 6.36. The molecule has 1 amide bonds. The van der Waals surface area contributed by atoms with Crippen molar-refractivity contribution < 1.29 is 4.79 Å². The van der Waals surface area contributed by atoms with Gasteiger partial charge in [0, 0.05) is 57.4 Å². The topological polar surface area (TPSA) is 78.0 Å². The zero-order valence-corrected chi connectivity index (χ0v) is 13.8. The minimum absolute atomic E-state index is 0.0108. The number of carbonyl (C=O) groups is 1. The summed E-state index contributed by atoms with van der Waals surface area (Å²) in [4.78, 5) is 32.5. The highest BCUT2D eigenvalue weighted by Gasteiger charge is 2.27. The highest BCUT2D eigenvalue weighted by Crippen LogP contribution is 2.25. The number of hydrogen-bond acceptors (Lipinski definition) is 5. The Labute approximate surface area is 135 Å². The Morgan fingerprint density at radius 3 is 2.61 bits per heavy atom. The number of aromatic nitrogens is 4. The van der Waals surface area contributed by atoms with Gasteiger partial charge in [-0.05, 0) is 19.8 Å². The fraction of sp³-hybridized carbons (Fsp3) is 0.500. The molecule has 3 rings (SSSR count). The quantitative estimate of drug-likeness (QED) is 0.931. The van der Waals surface area contributed by atoms with Gasteiger partial charge in [0.15, 0.2) is 0 Å². The number of anilines is 1. The third-order valence-electron chi connectivity index (χ3n) is 4.10. The van der Waals surface area contributed by atoms with E-state index in [0.29, 0.717) is 18.1 Å². The van der Waals surface area contributed by atoms with Gasteiger partial charge < -0.3 is 14.8 Å². The van der Waals surface area contributed by atoms with Crippen LogP contribution in [-0.2, 0) is 0 Å². The number of piperidine rings is 1. The van der Waals surface area contributed by atoms with Crippen LogP contribution in [0.1, 0.15) is 40.6 Å². The molecule has 0 saturated carbocycles. The lowest BCUT2D eigenvalue weighted by Crippen LogP contribution is -2.39. The van der Waals surface area contributed by atoms with E-state index in [0.717, 1.165) is 30.9 Å². The summed E-state index contributed by atoms with van der Waals surface area (Å²) < 4.78 is 0. The second-order valence-electron chi connectivity index (χ2n) is 6.21. The zero-order valence-electron chi connectivity index (χ0n) is 13.8. The van der Waals surface area contributed by atoms with Gasteiger partial charge in [0.2, 0.25) is 5.95 Å². The molecule has 7 nitrogen and oxygen atoms in total. The lowest BCUT2D eigenvalue weighted by Gasteiger charge is -2.31. The second-order valence-corrected chi connectivity index (χ2v) is 6.21. The molecule has 2 aromatic heterocycles. The van der Waals surface area contributed by atoms with Crippen molar-refractivity contribution in [3.05, 3.63) is 35.7 Å². The average Bonchev–Trinajstić information content (AvgIpc) is 3.01. The summed E-state index contributed by atoms with van der Waals surface area (Å²) in [5.74, 6) is 1.83. The van der Waals surface area contributed by atoms with E-state index >= 15 is 0 Å².